The fourth-order valence-electron chi connectivity index (χ4n) is 1.59. The molecule has 0 aliphatic carbocycles. The Balaban J connectivity index is 2.11. The van der Waals surface area contributed by atoms with E-state index in [1.54, 1.807) is 18.5 Å². The quantitative estimate of drug-likeness (QED) is 0.816. The Kier molecular flexibility index (Phi) is 3.91. The molecule has 0 aliphatic heterocycles. The molecule has 5 heteroatoms. The SMILES string of the molecule is CC(C)n1ccc(CC(=O)c2cncc(Br)c2)n1. The first kappa shape index (κ1) is 13.0. The van der Waals surface area contributed by atoms with Crippen molar-refractivity contribution in [3.05, 3.63) is 46.5 Å². The molecule has 0 amide bonds. The van der Waals surface area contributed by atoms with Crippen LogP contribution in [0.15, 0.2) is 35.2 Å². The maximum Gasteiger partial charge on any atom is 0.170 e. The maximum absolute atomic E-state index is 12.0. The van der Waals surface area contributed by atoms with Gasteiger partial charge in [-0.1, -0.05) is 0 Å². The molecule has 2 aromatic rings. The topological polar surface area (TPSA) is 47.8 Å². The predicted octanol–water partition coefficient (Wildman–Crippen LogP) is 3.05. The summed E-state index contributed by atoms with van der Waals surface area (Å²) in [5.41, 5.74) is 1.39. The molecular weight excluding hydrogens is 294 g/mol. The van der Waals surface area contributed by atoms with Gasteiger partial charge in [-0.05, 0) is 41.9 Å². The third kappa shape index (κ3) is 3.04. The van der Waals surface area contributed by atoms with Crippen LogP contribution in [0.1, 0.15) is 35.9 Å². The predicted molar refractivity (Wildman–Crippen MR) is 72.6 cm³/mol. The van der Waals surface area contributed by atoms with Crippen molar-refractivity contribution < 1.29 is 4.79 Å². The second kappa shape index (κ2) is 5.44. The molecule has 2 heterocycles. The van der Waals surface area contributed by atoms with Gasteiger partial charge in [0.1, 0.15) is 0 Å². The first-order valence-corrected chi connectivity index (χ1v) is 6.53. The van der Waals surface area contributed by atoms with E-state index in [4.69, 9.17) is 0 Å². The summed E-state index contributed by atoms with van der Waals surface area (Å²) in [6.45, 7) is 4.10. The van der Waals surface area contributed by atoms with Crippen molar-refractivity contribution in [3.63, 3.8) is 0 Å². The summed E-state index contributed by atoms with van der Waals surface area (Å²) in [6, 6.07) is 3.96. The molecule has 18 heavy (non-hydrogen) atoms. The van der Waals surface area contributed by atoms with Gasteiger partial charge in [-0.3, -0.25) is 14.5 Å². The standard InChI is InChI=1S/C13H14BrN3O/c1-9(2)17-4-3-12(16-17)6-13(18)10-5-11(14)8-15-7-10/h3-5,7-9H,6H2,1-2H3. The number of pyridine rings is 1. The second-order valence-corrected chi connectivity index (χ2v) is 5.29. The first-order valence-electron chi connectivity index (χ1n) is 5.74. The van der Waals surface area contributed by atoms with E-state index in [0.717, 1.165) is 10.2 Å². The Morgan fingerprint density at radius 3 is 2.83 bits per heavy atom. The lowest BCUT2D eigenvalue weighted by Crippen LogP contribution is -2.07. The Morgan fingerprint density at radius 2 is 2.22 bits per heavy atom. The smallest absolute Gasteiger partial charge is 0.170 e. The molecule has 0 saturated heterocycles. The zero-order chi connectivity index (χ0) is 13.1. The zero-order valence-electron chi connectivity index (χ0n) is 10.3. The van der Waals surface area contributed by atoms with Crippen molar-refractivity contribution in [2.75, 3.05) is 0 Å². The summed E-state index contributed by atoms with van der Waals surface area (Å²) in [7, 11) is 0. The Bertz CT molecular complexity index is 563. The Labute approximate surface area is 114 Å². The van der Waals surface area contributed by atoms with E-state index in [1.807, 2.05) is 16.9 Å². The van der Waals surface area contributed by atoms with Crippen molar-refractivity contribution in [2.45, 2.75) is 26.3 Å². The Hall–Kier alpha value is -1.49. The van der Waals surface area contributed by atoms with Crippen LogP contribution in [0.5, 0.6) is 0 Å². The molecule has 0 radical (unpaired) electrons. The highest BCUT2D eigenvalue weighted by Gasteiger charge is 2.10. The maximum atomic E-state index is 12.0. The van der Waals surface area contributed by atoms with E-state index in [0.29, 0.717) is 18.0 Å². The number of hydrogen-bond donors (Lipinski definition) is 0. The molecule has 0 fully saturated rings. The summed E-state index contributed by atoms with van der Waals surface area (Å²) >= 11 is 3.30. The summed E-state index contributed by atoms with van der Waals surface area (Å²) in [4.78, 5) is 16.0. The van der Waals surface area contributed by atoms with Crippen LogP contribution in [0, 0.1) is 0 Å². The summed E-state index contributed by atoms with van der Waals surface area (Å²) < 4.78 is 2.66. The number of hydrogen-bond acceptors (Lipinski definition) is 3. The van der Waals surface area contributed by atoms with Gasteiger partial charge in [-0.15, -0.1) is 0 Å². The van der Waals surface area contributed by atoms with Gasteiger partial charge in [-0.2, -0.15) is 5.10 Å². The second-order valence-electron chi connectivity index (χ2n) is 4.37. The molecule has 0 saturated carbocycles. The minimum Gasteiger partial charge on any atom is -0.294 e. The molecule has 0 bridgehead atoms. The van der Waals surface area contributed by atoms with Crippen LogP contribution >= 0.6 is 15.9 Å². The van der Waals surface area contributed by atoms with Crippen LogP contribution in [0.4, 0.5) is 0 Å². The van der Waals surface area contributed by atoms with Crippen LogP contribution in [-0.4, -0.2) is 20.5 Å². The molecule has 2 rings (SSSR count). The summed E-state index contributed by atoms with van der Waals surface area (Å²) in [6.07, 6.45) is 5.43. The molecule has 0 aliphatic rings. The molecule has 0 aromatic carbocycles. The minimum atomic E-state index is 0.0257. The summed E-state index contributed by atoms with van der Waals surface area (Å²) in [5, 5.41) is 4.36. The van der Waals surface area contributed by atoms with Crippen LogP contribution in [0.2, 0.25) is 0 Å². The average molecular weight is 308 g/mol. The largest absolute Gasteiger partial charge is 0.294 e. The summed E-state index contributed by atoms with van der Waals surface area (Å²) in [5.74, 6) is 0.0257. The van der Waals surface area contributed by atoms with Crippen molar-refractivity contribution >= 4 is 21.7 Å². The number of carbonyl (C=O) groups excluding carboxylic acids is 1. The lowest BCUT2D eigenvalue weighted by molar-refractivity contribution is 0.0991. The van der Waals surface area contributed by atoms with E-state index in [1.165, 1.54) is 0 Å². The molecule has 2 aromatic heterocycles. The van der Waals surface area contributed by atoms with Gasteiger partial charge in [0.05, 0.1) is 12.1 Å². The molecule has 0 N–H and O–H groups in total. The van der Waals surface area contributed by atoms with E-state index in [2.05, 4.69) is 39.9 Å². The number of nitrogens with zero attached hydrogens (tertiary/aromatic N) is 3. The van der Waals surface area contributed by atoms with E-state index >= 15 is 0 Å². The van der Waals surface area contributed by atoms with Gasteiger partial charge >= 0.3 is 0 Å². The van der Waals surface area contributed by atoms with E-state index < -0.39 is 0 Å². The third-order valence-corrected chi connectivity index (χ3v) is 2.99. The number of halogens is 1. The van der Waals surface area contributed by atoms with Gasteiger partial charge in [0.15, 0.2) is 5.78 Å². The highest BCUT2D eigenvalue weighted by molar-refractivity contribution is 9.10. The van der Waals surface area contributed by atoms with Crippen molar-refractivity contribution in [1.82, 2.24) is 14.8 Å². The van der Waals surface area contributed by atoms with E-state index in [-0.39, 0.29) is 5.78 Å². The van der Waals surface area contributed by atoms with Crippen LogP contribution in [-0.2, 0) is 6.42 Å². The van der Waals surface area contributed by atoms with Gasteiger partial charge in [0.25, 0.3) is 0 Å². The van der Waals surface area contributed by atoms with Gasteiger partial charge in [-0.25, -0.2) is 0 Å². The number of carbonyl (C=O) groups is 1. The lowest BCUT2D eigenvalue weighted by Gasteiger charge is -2.03. The highest BCUT2D eigenvalue weighted by atomic mass is 79.9. The third-order valence-electron chi connectivity index (χ3n) is 2.56. The average Bonchev–Trinajstić information content (AvgIpc) is 2.77. The van der Waals surface area contributed by atoms with Crippen LogP contribution in [0.25, 0.3) is 0 Å². The molecule has 0 spiro atoms. The fourth-order valence-corrected chi connectivity index (χ4v) is 1.96. The van der Waals surface area contributed by atoms with Gasteiger partial charge in [0.2, 0.25) is 0 Å². The van der Waals surface area contributed by atoms with Crippen LogP contribution < -0.4 is 0 Å². The van der Waals surface area contributed by atoms with Crippen molar-refractivity contribution in [3.8, 4) is 0 Å². The molecule has 0 atom stereocenters. The monoisotopic (exact) mass is 307 g/mol. The zero-order valence-corrected chi connectivity index (χ0v) is 11.9. The van der Waals surface area contributed by atoms with Gasteiger partial charge < -0.3 is 0 Å². The number of aromatic nitrogens is 3. The highest BCUT2D eigenvalue weighted by Crippen LogP contribution is 2.12. The number of rotatable bonds is 4. The van der Waals surface area contributed by atoms with Crippen molar-refractivity contribution in [2.24, 2.45) is 0 Å². The van der Waals surface area contributed by atoms with Crippen LogP contribution in [0.3, 0.4) is 0 Å². The van der Waals surface area contributed by atoms with Gasteiger partial charge in [0, 0.05) is 34.7 Å². The number of ketones is 1. The first-order chi connectivity index (χ1) is 8.56. The normalized spacial score (nSPS) is 10.9. The molecular formula is C13H14BrN3O. The molecule has 4 nitrogen and oxygen atoms in total. The lowest BCUT2D eigenvalue weighted by atomic mass is 10.1. The number of Topliss-reactive ketones (excluding diaryl/α,β-unsaturated/α-hetero) is 1. The minimum absolute atomic E-state index is 0.0257. The van der Waals surface area contributed by atoms with Crippen molar-refractivity contribution in [1.29, 1.82) is 0 Å². The molecule has 94 valence electrons. The fraction of sp³-hybridized carbons (Fsp3) is 0.308. The Morgan fingerprint density at radius 1 is 1.44 bits per heavy atom. The molecule has 0 unspecified atom stereocenters. The van der Waals surface area contributed by atoms with E-state index in [9.17, 15) is 4.79 Å².